The third-order valence-electron chi connectivity index (χ3n) is 4.39. The van der Waals surface area contributed by atoms with Crippen LogP contribution in [0.3, 0.4) is 0 Å². The van der Waals surface area contributed by atoms with Gasteiger partial charge in [-0.1, -0.05) is 13.8 Å². The van der Waals surface area contributed by atoms with Gasteiger partial charge in [0, 0.05) is 17.4 Å². The molecule has 0 aromatic rings. The fourth-order valence-electron chi connectivity index (χ4n) is 2.64. The van der Waals surface area contributed by atoms with Crippen LogP contribution >= 0.6 is 11.6 Å². The average Bonchev–Trinajstić information content (AvgIpc) is 2.34. The van der Waals surface area contributed by atoms with Gasteiger partial charge in [-0.2, -0.15) is 0 Å². The number of ether oxygens (including phenoxy) is 2. The van der Waals surface area contributed by atoms with Crippen molar-refractivity contribution in [3.8, 4) is 0 Å². The molecular formula is C13H23ClO2. The molecule has 1 aliphatic heterocycles. The first kappa shape index (κ1) is 12.7. The molecule has 2 aliphatic rings. The van der Waals surface area contributed by atoms with Gasteiger partial charge < -0.3 is 9.47 Å². The SMILES string of the molecule is CCC1(C)C(Cl)CC1OCC1CCCCO1. The van der Waals surface area contributed by atoms with Crippen molar-refractivity contribution in [3.05, 3.63) is 0 Å². The van der Waals surface area contributed by atoms with E-state index in [1.807, 2.05) is 0 Å². The minimum atomic E-state index is 0.177. The van der Waals surface area contributed by atoms with E-state index in [4.69, 9.17) is 21.1 Å². The topological polar surface area (TPSA) is 18.5 Å². The molecule has 0 bridgehead atoms. The fourth-order valence-corrected chi connectivity index (χ4v) is 3.09. The molecule has 0 aromatic carbocycles. The van der Waals surface area contributed by atoms with Crippen molar-refractivity contribution in [3.63, 3.8) is 0 Å². The van der Waals surface area contributed by atoms with E-state index in [0.717, 1.165) is 32.5 Å². The molecule has 4 unspecified atom stereocenters. The Kier molecular flexibility index (Phi) is 4.15. The lowest BCUT2D eigenvalue weighted by atomic mass is 9.65. The number of hydrogen-bond acceptors (Lipinski definition) is 2. The minimum absolute atomic E-state index is 0.177. The molecule has 4 atom stereocenters. The monoisotopic (exact) mass is 246 g/mol. The second-order valence-corrected chi connectivity index (χ2v) is 5.90. The molecule has 0 radical (unpaired) electrons. The van der Waals surface area contributed by atoms with Crippen LogP contribution in [0.4, 0.5) is 0 Å². The highest BCUT2D eigenvalue weighted by molar-refractivity contribution is 6.21. The van der Waals surface area contributed by atoms with Crippen molar-refractivity contribution in [1.82, 2.24) is 0 Å². The van der Waals surface area contributed by atoms with E-state index in [9.17, 15) is 0 Å². The van der Waals surface area contributed by atoms with Crippen LogP contribution in [0.5, 0.6) is 0 Å². The van der Waals surface area contributed by atoms with Crippen LogP contribution in [0, 0.1) is 5.41 Å². The first-order chi connectivity index (χ1) is 7.66. The molecule has 94 valence electrons. The first-order valence-electron chi connectivity index (χ1n) is 6.54. The molecule has 0 N–H and O–H groups in total. The Bertz CT molecular complexity index is 228. The Morgan fingerprint density at radius 3 is 2.81 bits per heavy atom. The van der Waals surface area contributed by atoms with E-state index < -0.39 is 0 Å². The summed E-state index contributed by atoms with van der Waals surface area (Å²) in [5.41, 5.74) is 0.177. The van der Waals surface area contributed by atoms with Crippen LogP contribution in [-0.2, 0) is 9.47 Å². The van der Waals surface area contributed by atoms with Crippen molar-refractivity contribution in [1.29, 1.82) is 0 Å². The number of rotatable bonds is 4. The molecule has 1 heterocycles. The summed E-state index contributed by atoms with van der Waals surface area (Å²) in [5, 5.41) is 0.287. The summed E-state index contributed by atoms with van der Waals surface area (Å²) in [6.07, 6.45) is 6.39. The maximum Gasteiger partial charge on any atom is 0.0808 e. The van der Waals surface area contributed by atoms with Gasteiger partial charge in [-0.05, 0) is 32.1 Å². The molecule has 1 saturated carbocycles. The lowest BCUT2D eigenvalue weighted by molar-refractivity contribution is -0.135. The Balaban J connectivity index is 1.74. The van der Waals surface area contributed by atoms with Crippen LogP contribution in [0.1, 0.15) is 46.0 Å². The van der Waals surface area contributed by atoms with E-state index in [2.05, 4.69) is 13.8 Å². The lowest BCUT2D eigenvalue weighted by Crippen LogP contribution is -2.54. The van der Waals surface area contributed by atoms with Crippen LogP contribution in [0.25, 0.3) is 0 Å². The van der Waals surface area contributed by atoms with Gasteiger partial charge >= 0.3 is 0 Å². The summed E-state index contributed by atoms with van der Waals surface area (Å²) >= 11 is 6.26. The summed E-state index contributed by atoms with van der Waals surface area (Å²) < 4.78 is 11.7. The second kappa shape index (κ2) is 5.24. The lowest BCUT2D eigenvalue weighted by Gasteiger charge is -2.51. The summed E-state index contributed by atoms with van der Waals surface area (Å²) in [6.45, 7) is 6.09. The predicted octanol–water partition coefficient (Wildman–Crippen LogP) is 3.37. The number of alkyl halides is 1. The maximum absolute atomic E-state index is 6.26. The van der Waals surface area contributed by atoms with E-state index in [0.29, 0.717) is 12.2 Å². The third kappa shape index (κ3) is 2.39. The number of halogens is 1. The molecule has 1 saturated heterocycles. The first-order valence-corrected chi connectivity index (χ1v) is 6.97. The molecule has 0 aromatic heterocycles. The van der Waals surface area contributed by atoms with Gasteiger partial charge in [-0.3, -0.25) is 0 Å². The van der Waals surface area contributed by atoms with Gasteiger partial charge in [-0.25, -0.2) is 0 Å². The zero-order chi connectivity index (χ0) is 11.6. The highest BCUT2D eigenvalue weighted by atomic mass is 35.5. The van der Waals surface area contributed by atoms with Gasteiger partial charge in [0.15, 0.2) is 0 Å². The molecule has 2 nitrogen and oxygen atoms in total. The molecule has 2 fully saturated rings. The largest absolute Gasteiger partial charge is 0.376 e. The van der Waals surface area contributed by atoms with E-state index in [-0.39, 0.29) is 10.8 Å². The highest BCUT2D eigenvalue weighted by Crippen LogP contribution is 2.49. The van der Waals surface area contributed by atoms with E-state index >= 15 is 0 Å². The Morgan fingerprint density at radius 2 is 2.25 bits per heavy atom. The zero-order valence-corrected chi connectivity index (χ0v) is 11.1. The van der Waals surface area contributed by atoms with Crippen LogP contribution in [-0.4, -0.2) is 30.8 Å². The number of hydrogen-bond donors (Lipinski definition) is 0. The van der Waals surface area contributed by atoms with Crippen molar-refractivity contribution in [2.45, 2.75) is 63.5 Å². The Morgan fingerprint density at radius 1 is 1.44 bits per heavy atom. The van der Waals surface area contributed by atoms with E-state index in [1.165, 1.54) is 12.8 Å². The van der Waals surface area contributed by atoms with Crippen molar-refractivity contribution in [2.75, 3.05) is 13.2 Å². The molecule has 0 amide bonds. The van der Waals surface area contributed by atoms with Crippen LogP contribution < -0.4 is 0 Å². The summed E-state index contributed by atoms with van der Waals surface area (Å²) in [5.74, 6) is 0. The van der Waals surface area contributed by atoms with Crippen molar-refractivity contribution >= 4 is 11.6 Å². The Hall–Kier alpha value is 0.210. The summed E-state index contributed by atoms with van der Waals surface area (Å²) in [4.78, 5) is 0. The van der Waals surface area contributed by atoms with Gasteiger partial charge in [-0.15, -0.1) is 11.6 Å². The molecule has 16 heavy (non-hydrogen) atoms. The van der Waals surface area contributed by atoms with Gasteiger partial charge in [0.25, 0.3) is 0 Å². The van der Waals surface area contributed by atoms with Gasteiger partial charge in [0.2, 0.25) is 0 Å². The summed E-state index contributed by atoms with van der Waals surface area (Å²) in [6, 6.07) is 0. The smallest absolute Gasteiger partial charge is 0.0808 e. The average molecular weight is 247 g/mol. The summed E-state index contributed by atoms with van der Waals surface area (Å²) in [7, 11) is 0. The fraction of sp³-hybridized carbons (Fsp3) is 1.00. The van der Waals surface area contributed by atoms with Gasteiger partial charge in [0.05, 0.1) is 18.8 Å². The Labute approximate surface area is 104 Å². The van der Waals surface area contributed by atoms with Crippen LogP contribution in [0.2, 0.25) is 0 Å². The molecule has 3 heteroatoms. The zero-order valence-electron chi connectivity index (χ0n) is 10.4. The molecule has 2 rings (SSSR count). The highest BCUT2D eigenvalue weighted by Gasteiger charge is 2.50. The molecule has 1 aliphatic carbocycles. The molecular weight excluding hydrogens is 224 g/mol. The van der Waals surface area contributed by atoms with Crippen LogP contribution in [0.15, 0.2) is 0 Å². The predicted molar refractivity (Wildman–Crippen MR) is 66.0 cm³/mol. The van der Waals surface area contributed by atoms with Crippen molar-refractivity contribution in [2.24, 2.45) is 5.41 Å². The third-order valence-corrected chi connectivity index (χ3v) is 5.07. The van der Waals surface area contributed by atoms with E-state index in [1.54, 1.807) is 0 Å². The standard InChI is InChI=1S/C13H23ClO2/c1-3-13(2)11(14)8-12(13)16-9-10-6-4-5-7-15-10/h10-12H,3-9H2,1-2H3. The quantitative estimate of drug-likeness (QED) is 0.709. The van der Waals surface area contributed by atoms with Crippen molar-refractivity contribution < 1.29 is 9.47 Å². The minimum Gasteiger partial charge on any atom is -0.376 e. The normalized spacial score (nSPS) is 44.1. The molecule has 0 spiro atoms. The second-order valence-electron chi connectivity index (χ2n) is 5.37. The maximum atomic E-state index is 6.26. The van der Waals surface area contributed by atoms with Gasteiger partial charge in [0.1, 0.15) is 0 Å².